The van der Waals surface area contributed by atoms with Crippen molar-refractivity contribution in [2.45, 2.75) is 24.5 Å². The first-order chi connectivity index (χ1) is 14.5. The van der Waals surface area contributed by atoms with Crippen LogP contribution in [-0.2, 0) is 21.4 Å². The predicted octanol–water partition coefficient (Wildman–Crippen LogP) is 2.18. The summed E-state index contributed by atoms with van der Waals surface area (Å²) in [5.74, 6) is -0.568. The zero-order chi connectivity index (χ0) is 22.8. The van der Waals surface area contributed by atoms with E-state index in [9.17, 15) is 31.2 Å². The Hall–Kier alpha value is -3.25. The summed E-state index contributed by atoms with van der Waals surface area (Å²) in [6.07, 6.45) is -3.42. The Morgan fingerprint density at radius 3 is 2.45 bits per heavy atom. The Kier molecular flexibility index (Phi) is 6.13. The Morgan fingerprint density at radius 1 is 1.13 bits per heavy atom. The highest BCUT2D eigenvalue weighted by atomic mass is 32.2. The van der Waals surface area contributed by atoms with Gasteiger partial charge in [-0.25, -0.2) is 18.1 Å². The summed E-state index contributed by atoms with van der Waals surface area (Å²) in [7, 11) is -4.35. The molecule has 0 bridgehead atoms. The molecule has 0 fully saturated rings. The molecule has 2 aromatic carbocycles. The zero-order valence-electron chi connectivity index (χ0n) is 16.1. The summed E-state index contributed by atoms with van der Waals surface area (Å²) in [6.45, 7) is -0.209. The van der Waals surface area contributed by atoms with Crippen molar-refractivity contribution in [3.63, 3.8) is 0 Å². The summed E-state index contributed by atoms with van der Waals surface area (Å²) in [5, 5.41) is 2.86. The molecule has 0 radical (unpaired) electrons. The van der Waals surface area contributed by atoms with Crippen LogP contribution in [0.2, 0.25) is 0 Å². The smallest absolute Gasteiger partial charge is 0.325 e. The van der Waals surface area contributed by atoms with E-state index in [1.54, 1.807) is 12.1 Å². The van der Waals surface area contributed by atoms with E-state index in [4.69, 9.17) is 0 Å². The SMILES string of the molecule is Cc1cccc2c(=O)n(CC(=O)Nc3ccc(S(=O)(=O)NCC(F)(F)F)cc3)cnc12. The first kappa shape index (κ1) is 22.4. The van der Waals surface area contributed by atoms with Crippen molar-refractivity contribution in [1.29, 1.82) is 0 Å². The van der Waals surface area contributed by atoms with E-state index in [-0.39, 0.29) is 22.7 Å². The minimum absolute atomic E-state index is 0.206. The monoisotopic (exact) mass is 454 g/mol. The van der Waals surface area contributed by atoms with E-state index in [1.807, 2.05) is 13.0 Å². The number of anilines is 1. The second-order valence-corrected chi connectivity index (χ2v) is 8.43. The molecule has 8 nitrogen and oxygen atoms in total. The van der Waals surface area contributed by atoms with Gasteiger partial charge in [-0.3, -0.25) is 14.2 Å². The number of halogens is 3. The molecule has 0 saturated carbocycles. The van der Waals surface area contributed by atoms with Crippen molar-refractivity contribution in [3.8, 4) is 0 Å². The van der Waals surface area contributed by atoms with Gasteiger partial charge in [-0.05, 0) is 42.8 Å². The number of rotatable bonds is 6. The maximum Gasteiger partial charge on any atom is 0.402 e. The van der Waals surface area contributed by atoms with Gasteiger partial charge in [0.25, 0.3) is 5.56 Å². The minimum atomic E-state index is -4.69. The zero-order valence-corrected chi connectivity index (χ0v) is 16.9. The Bertz CT molecular complexity index is 1290. The Morgan fingerprint density at radius 2 is 1.81 bits per heavy atom. The van der Waals surface area contributed by atoms with Crippen molar-refractivity contribution in [3.05, 3.63) is 64.7 Å². The number of nitrogens with one attached hydrogen (secondary N) is 2. The van der Waals surface area contributed by atoms with Crippen molar-refractivity contribution >= 4 is 32.5 Å². The van der Waals surface area contributed by atoms with Gasteiger partial charge in [0, 0.05) is 5.69 Å². The number of aryl methyl sites for hydroxylation is 1. The lowest BCUT2D eigenvalue weighted by Crippen LogP contribution is -2.33. The minimum Gasteiger partial charge on any atom is -0.325 e. The second kappa shape index (κ2) is 8.47. The normalized spacial score (nSPS) is 12.1. The van der Waals surface area contributed by atoms with Crippen molar-refractivity contribution in [2.24, 2.45) is 0 Å². The van der Waals surface area contributed by atoms with E-state index in [1.165, 1.54) is 23.2 Å². The number of aromatic nitrogens is 2. The number of hydrogen-bond acceptors (Lipinski definition) is 5. The lowest BCUT2D eigenvalue weighted by Gasteiger charge is -2.11. The quantitative estimate of drug-likeness (QED) is 0.593. The van der Waals surface area contributed by atoms with Gasteiger partial charge in [0.05, 0.1) is 22.1 Å². The number of fused-ring (bicyclic) bond motifs is 1. The molecule has 1 heterocycles. The number of sulfonamides is 1. The van der Waals surface area contributed by atoms with Crippen LogP contribution in [0.25, 0.3) is 10.9 Å². The molecule has 164 valence electrons. The van der Waals surface area contributed by atoms with E-state index in [0.29, 0.717) is 10.9 Å². The average Bonchev–Trinajstić information content (AvgIpc) is 2.69. The molecular formula is C19H17F3N4O4S. The number of benzene rings is 2. The molecule has 1 amide bonds. The molecule has 31 heavy (non-hydrogen) atoms. The summed E-state index contributed by atoms with van der Waals surface area (Å²) >= 11 is 0. The van der Waals surface area contributed by atoms with E-state index in [0.717, 1.165) is 22.3 Å². The third kappa shape index (κ3) is 5.47. The second-order valence-electron chi connectivity index (χ2n) is 6.66. The van der Waals surface area contributed by atoms with Gasteiger partial charge in [0.15, 0.2) is 0 Å². The van der Waals surface area contributed by atoms with Crippen LogP contribution in [0.4, 0.5) is 18.9 Å². The highest BCUT2D eigenvalue weighted by molar-refractivity contribution is 7.89. The first-order valence-corrected chi connectivity index (χ1v) is 10.4. The predicted molar refractivity (Wildman–Crippen MR) is 107 cm³/mol. The van der Waals surface area contributed by atoms with Crippen LogP contribution in [0.1, 0.15) is 5.56 Å². The molecule has 0 spiro atoms. The fraction of sp³-hybridized carbons (Fsp3) is 0.211. The fourth-order valence-corrected chi connectivity index (χ4v) is 3.80. The van der Waals surface area contributed by atoms with Crippen LogP contribution in [0.15, 0.2) is 58.5 Å². The summed E-state index contributed by atoms with van der Waals surface area (Å²) in [4.78, 5) is 28.6. The maximum atomic E-state index is 12.5. The summed E-state index contributed by atoms with van der Waals surface area (Å²) < 4.78 is 63.0. The molecule has 3 rings (SSSR count). The Labute approximate surface area is 174 Å². The molecule has 12 heteroatoms. The van der Waals surface area contributed by atoms with E-state index in [2.05, 4.69) is 10.3 Å². The van der Waals surface area contributed by atoms with Crippen LogP contribution >= 0.6 is 0 Å². The lowest BCUT2D eigenvalue weighted by molar-refractivity contribution is -0.121. The van der Waals surface area contributed by atoms with Gasteiger partial charge in [-0.1, -0.05) is 12.1 Å². The van der Waals surface area contributed by atoms with Crippen LogP contribution in [0.5, 0.6) is 0 Å². The molecule has 3 aromatic rings. The molecule has 0 saturated heterocycles. The van der Waals surface area contributed by atoms with Crippen LogP contribution in [-0.4, -0.2) is 36.6 Å². The van der Waals surface area contributed by atoms with Gasteiger partial charge >= 0.3 is 6.18 Å². The number of hydrogen-bond donors (Lipinski definition) is 2. The van der Waals surface area contributed by atoms with Gasteiger partial charge in [0.1, 0.15) is 13.1 Å². The molecule has 1 aromatic heterocycles. The number of amides is 1. The molecule has 0 aliphatic heterocycles. The molecule has 2 N–H and O–H groups in total. The molecular weight excluding hydrogens is 437 g/mol. The highest BCUT2D eigenvalue weighted by Crippen LogP contribution is 2.17. The van der Waals surface area contributed by atoms with Gasteiger partial charge in [0.2, 0.25) is 15.9 Å². The Balaban J connectivity index is 1.70. The van der Waals surface area contributed by atoms with Gasteiger partial charge in [-0.15, -0.1) is 0 Å². The van der Waals surface area contributed by atoms with Crippen LogP contribution < -0.4 is 15.6 Å². The standard InChI is InChI=1S/C19H17F3N4O4S/c1-12-3-2-4-15-17(12)23-11-26(18(15)28)9-16(27)25-13-5-7-14(8-6-13)31(29,30)24-10-19(20,21)22/h2-8,11,24H,9-10H2,1H3,(H,25,27). The number of carbonyl (C=O) groups is 1. The number of para-hydroxylation sites is 1. The first-order valence-electron chi connectivity index (χ1n) is 8.87. The average molecular weight is 454 g/mol. The largest absolute Gasteiger partial charge is 0.402 e. The fourth-order valence-electron chi connectivity index (χ4n) is 2.78. The van der Waals surface area contributed by atoms with Crippen molar-refractivity contribution < 1.29 is 26.4 Å². The topological polar surface area (TPSA) is 110 Å². The summed E-state index contributed by atoms with van der Waals surface area (Å²) in [6, 6.07) is 9.70. The molecule has 0 aliphatic carbocycles. The third-order valence-corrected chi connectivity index (χ3v) is 5.70. The number of nitrogens with zero attached hydrogens (tertiary/aromatic N) is 2. The highest BCUT2D eigenvalue weighted by Gasteiger charge is 2.30. The molecule has 0 unspecified atom stereocenters. The van der Waals surface area contributed by atoms with E-state index < -0.39 is 28.7 Å². The molecule has 0 aliphatic rings. The molecule has 0 atom stereocenters. The number of alkyl halides is 3. The van der Waals surface area contributed by atoms with Gasteiger partial charge < -0.3 is 5.32 Å². The third-order valence-electron chi connectivity index (χ3n) is 4.28. The van der Waals surface area contributed by atoms with E-state index >= 15 is 0 Å². The lowest BCUT2D eigenvalue weighted by atomic mass is 10.1. The van der Waals surface area contributed by atoms with Crippen molar-refractivity contribution in [1.82, 2.24) is 14.3 Å². The maximum absolute atomic E-state index is 12.5. The number of carbonyl (C=O) groups excluding carboxylic acids is 1. The van der Waals surface area contributed by atoms with Crippen molar-refractivity contribution in [2.75, 3.05) is 11.9 Å². The van der Waals surface area contributed by atoms with Gasteiger partial charge in [-0.2, -0.15) is 13.2 Å². The summed E-state index contributed by atoms with van der Waals surface area (Å²) in [5.41, 5.74) is 1.18. The van der Waals surface area contributed by atoms with Crippen LogP contribution in [0, 0.1) is 6.92 Å². The van der Waals surface area contributed by atoms with Crippen LogP contribution in [0.3, 0.4) is 0 Å².